The number of rotatable bonds is 7. The molecular weight excluding hydrogens is 460 g/mol. The number of hydrazone groups is 1. The lowest BCUT2D eigenvalue weighted by atomic mass is 10.2. The summed E-state index contributed by atoms with van der Waals surface area (Å²) in [7, 11) is 0. The van der Waals surface area contributed by atoms with Crippen molar-refractivity contribution in [2.75, 3.05) is 5.32 Å². The van der Waals surface area contributed by atoms with Crippen LogP contribution in [-0.4, -0.2) is 16.8 Å². The minimum Gasteiger partial charge on any atom is -0.489 e. The van der Waals surface area contributed by atoms with Crippen molar-refractivity contribution in [1.29, 1.82) is 0 Å². The number of nitrogens with one attached hydrogen (secondary N) is 2. The van der Waals surface area contributed by atoms with E-state index >= 15 is 0 Å². The van der Waals surface area contributed by atoms with Crippen molar-refractivity contribution in [2.24, 2.45) is 5.10 Å². The fourth-order valence-corrected chi connectivity index (χ4v) is 3.90. The van der Waals surface area contributed by atoms with Gasteiger partial charge in [-0.05, 0) is 80.4 Å². The molecule has 0 aliphatic carbocycles. The number of urea groups is 1. The van der Waals surface area contributed by atoms with Crippen LogP contribution < -0.4 is 15.5 Å². The molecule has 35 heavy (non-hydrogen) atoms. The van der Waals surface area contributed by atoms with E-state index in [2.05, 4.69) is 20.4 Å². The zero-order valence-electron chi connectivity index (χ0n) is 19.9. The molecule has 1 aromatic heterocycles. The normalized spacial score (nSPS) is 11.0. The van der Waals surface area contributed by atoms with Crippen LogP contribution in [0.25, 0.3) is 5.69 Å². The van der Waals surface area contributed by atoms with Crippen LogP contribution in [0.4, 0.5) is 10.5 Å². The van der Waals surface area contributed by atoms with E-state index in [0.29, 0.717) is 11.6 Å². The van der Waals surface area contributed by atoms with Gasteiger partial charge in [-0.2, -0.15) is 5.10 Å². The Hall–Kier alpha value is -4.03. The number of aryl methyl sites for hydroxylation is 2. The molecule has 0 spiro atoms. The molecule has 0 aliphatic heterocycles. The lowest BCUT2D eigenvalue weighted by molar-refractivity contribution is 0.252. The predicted molar refractivity (Wildman–Crippen MR) is 142 cm³/mol. The van der Waals surface area contributed by atoms with Gasteiger partial charge >= 0.3 is 6.03 Å². The zero-order chi connectivity index (χ0) is 24.8. The standard InChI is InChI=1S/C28H27ClN4O2/c1-19-6-4-5-7-27(19)31-28(34)32-30-17-23-16-20(2)33(21(23)3)25-12-14-26(15-13-25)35-18-22-8-10-24(29)11-9-22/h4-17H,18H2,1-3H3,(H2,31,32,34). The van der Waals surface area contributed by atoms with Gasteiger partial charge in [-0.1, -0.05) is 41.9 Å². The number of hydrogen-bond donors (Lipinski definition) is 2. The average molecular weight is 487 g/mol. The average Bonchev–Trinajstić information content (AvgIpc) is 3.13. The SMILES string of the molecule is Cc1ccccc1NC(=O)NN=Cc1cc(C)n(-c2ccc(OCc3ccc(Cl)cc3)cc2)c1C. The summed E-state index contributed by atoms with van der Waals surface area (Å²) in [4.78, 5) is 12.2. The highest BCUT2D eigenvalue weighted by Gasteiger charge is 2.10. The third-order valence-corrected chi connectivity index (χ3v) is 5.90. The number of carbonyl (C=O) groups excluding carboxylic acids is 1. The molecule has 2 amide bonds. The van der Waals surface area contributed by atoms with Gasteiger partial charge in [0.25, 0.3) is 0 Å². The number of para-hydroxylation sites is 1. The van der Waals surface area contributed by atoms with Crippen molar-refractivity contribution < 1.29 is 9.53 Å². The van der Waals surface area contributed by atoms with Gasteiger partial charge in [0.2, 0.25) is 0 Å². The summed E-state index contributed by atoms with van der Waals surface area (Å²) >= 11 is 5.94. The topological polar surface area (TPSA) is 67.7 Å². The van der Waals surface area contributed by atoms with E-state index in [-0.39, 0.29) is 0 Å². The number of nitrogens with zero attached hydrogens (tertiary/aromatic N) is 2. The Morgan fingerprint density at radius 2 is 1.71 bits per heavy atom. The van der Waals surface area contributed by atoms with Crippen molar-refractivity contribution in [3.8, 4) is 11.4 Å². The monoisotopic (exact) mass is 486 g/mol. The van der Waals surface area contributed by atoms with E-state index in [1.54, 1.807) is 6.21 Å². The van der Waals surface area contributed by atoms with Gasteiger partial charge in [0.15, 0.2) is 0 Å². The van der Waals surface area contributed by atoms with E-state index in [0.717, 1.165) is 45.2 Å². The maximum atomic E-state index is 12.2. The van der Waals surface area contributed by atoms with E-state index in [1.165, 1.54) is 0 Å². The lowest BCUT2D eigenvalue weighted by Gasteiger charge is -2.11. The van der Waals surface area contributed by atoms with Crippen molar-refractivity contribution >= 4 is 29.5 Å². The van der Waals surface area contributed by atoms with Crippen molar-refractivity contribution in [2.45, 2.75) is 27.4 Å². The number of benzene rings is 3. The number of amides is 2. The number of hydrogen-bond acceptors (Lipinski definition) is 3. The van der Waals surface area contributed by atoms with Gasteiger partial charge in [0.05, 0.1) is 6.21 Å². The molecule has 0 saturated heterocycles. The first-order valence-corrected chi connectivity index (χ1v) is 11.6. The summed E-state index contributed by atoms with van der Waals surface area (Å²) in [6.45, 7) is 6.47. The second-order valence-electron chi connectivity index (χ2n) is 8.21. The smallest absolute Gasteiger partial charge is 0.339 e. The van der Waals surface area contributed by atoms with Crippen LogP contribution >= 0.6 is 11.6 Å². The Morgan fingerprint density at radius 1 is 1.00 bits per heavy atom. The Kier molecular flexibility index (Phi) is 7.53. The molecule has 4 rings (SSSR count). The minimum atomic E-state index is -0.390. The number of halogens is 1. The van der Waals surface area contributed by atoms with Gasteiger partial charge < -0.3 is 14.6 Å². The van der Waals surface area contributed by atoms with Gasteiger partial charge in [-0.25, -0.2) is 10.2 Å². The molecule has 0 bridgehead atoms. The van der Waals surface area contributed by atoms with Gasteiger partial charge in [-0.15, -0.1) is 0 Å². The third kappa shape index (κ3) is 6.11. The Labute approximate surface area is 210 Å². The first-order valence-electron chi connectivity index (χ1n) is 11.2. The number of anilines is 1. The van der Waals surface area contributed by atoms with Crippen LogP contribution in [0.3, 0.4) is 0 Å². The summed E-state index contributed by atoms with van der Waals surface area (Å²) < 4.78 is 8.03. The largest absolute Gasteiger partial charge is 0.489 e. The molecule has 0 radical (unpaired) electrons. The molecule has 0 atom stereocenters. The van der Waals surface area contributed by atoms with Crippen molar-refractivity contribution in [3.63, 3.8) is 0 Å². The summed E-state index contributed by atoms with van der Waals surface area (Å²) in [5.41, 5.74) is 9.33. The molecule has 2 N–H and O–H groups in total. The Morgan fingerprint density at radius 3 is 2.43 bits per heavy atom. The highest BCUT2D eigenvalue weighted by atomic mass is 35.5. The summed E-state index contributed by atoms with van der Waals surface area (Å²) in [6, 6.07) is 24.8. The van der Waals surface area contributed by atoms with Gasteiger partial charge in [-0.3, -0.25) is 0 Å². The predicted octanol–water partition coefficient (Wildman–Crippen LogP) is 6.79. The van der Waals surface area contributed by atoms with Crippen LogP contribution in [0.5, 0.6) is 5.75 Å². The van der Waals surface area contributed by atoms with E-state index in [9.17, 15) is 4.79 Å². The molecule has 0 aliphatic rings. The van der Waals surface area contributed by atoms with Crippen LogP contribution in [0.2, 0.25) is 5.02 Å². The van der Waals surface area contributed by atoms with Crippen LogP contribution in [0, 0.1) is 20.8 Å². The van der Waals surface area contributed by atoms with Crippen LogP contribution in [0.15, 0.2) is 84.0 Å². The quantitative estimate of drug-likeness (QED) is 0.223. The molecule has 0 saturated carbocycles. The number of ether oxygens (including phenoxy) is 1. The minimum absolute atomic E-state index is 0.390. The molecule has 1 heterocycles. The first-order chi connectivity index (χ1) is 16.9. The molecule has 6 nitrogen and oxygen atoms in total. The summed E-state index contributed by atoms with van der Waals surface area (Å²) in [6.07, 6.45) is 1.65. The van der Waals surface area contributed by atoms with Crippen LogP contribution in [0.1, 0.15) is 28.1 Å². The zero-order valence-corrected chi connectivity index (χ0v) is 20.6. The van der Waals surface area contributed by atoms with Gasteiger partial charge in [0, 0.05) is 33.3 Å². The first kappa shape index (κ1) is 24.1. The molecule has 4 aromatic rings. The fourth-order valence-electron chi connectivity index (χ4n) is 3.78. The second-order valence-corrected chi connectivity index (χ2v) is 8.65. The van der Waals surface area contributed by atoms with E-state index in [1.807, 2.05) is 99.6 Å². The second kappa shape index (κ2) is 10.9. The Bertz CT molecular complexity index is 1340. The van der Waals surface area contributed by atoms with E-state index in [4.69, 9.17) is 16.3 Å². The molecule has 0 fully saturated rings. The molecular formula is C28H27ClN4O2. The molecule has 178 valence electrons. The van der Waals surface area contributed by atoms with Crippen LogP contribution in [-0.2, 0) is 6.61 Å². The van der Waals surface area contributed by atoms with Crippen molar-refractivity contribution in [3.05, 3.63) is 112 Å². The fraction of sp³-hybridized carbons (Fsp3) is 0.143. The summed E-state index contributed by atoms with van der Waals surface area (Å²) in [5, 5.41) is 7.63. The molecule has 3 aromatic carbocycles. The maximum absolute atomic E-state index is 12.2. The van der Waals surface area contributed by atoms with E-state index < -0.39 is 6.03 Å². The van der Waals surface area contributed by atoms with Gasteiger partial charge in [0.1, 0.15) is 12.4 Å². The Balaban J connectivity index is 1.39. The molecule has 7 heteroatoms. The maximum Gasteiger partial charge on any atom is 0.339 e. The number of carbonyl (C=O) groups is 1. The number of aromatic nitrogens is 1. The molecule has 0 unspecified atom stereocenters. The van der Waals surface area contributed by atoms with Crippen molar-refractivity contribution in [1.82, 2.24) is 9.99 Å². The summed E-state index contributed by atoms with van der Waals surface area (Å²) in [5.74, 6) is 0.789. The highest BCUT2D eigenvalue weighted by molar-refractivity contribution is 6.30. The highest BCUT2D eigenvalue weighted by Crippen LogP contribution is 2.23. The lowest BCUT2D eigenvalue weighted by Crippen LogP contribution is -2.24. The third-order valence-electron chi connectivity index (χ3n) is 5.65.